The Kier molecular flexibility index (Phi) is 4.68. The van der Waals surface area contributed by atoms with E-state index in [2.05, 4.69) is 34.5 Å². The number of nitrogens with zero attached hydrogens (tertiary/aromatic N) is 2. The standard InChI is InChI=1S/C18H19N3O2/c1-13(14-6-4-3-5-7-14)19-12-17-20-18(23-21-17)15-8-10-16(22-2)11-9-15/h3-11,13,19H,12H2,1-2H3. The van der Waals surface area contributed by atoms with E-state index in [4.69, 9.17) is 9.26 Å². The van der Waals surface area contributed by atoms with Crippen molar-refractivity contribution in [3.8, 4) is 17.2 Å². The van der Waals surface area contributed by atoms with Crippen LogP contribution in [0.4, 0.5) is 0 Å². The van der Waals surface area contributed by atoms with Gasteiger partial charge in [0, 0.05) is 11.6 Å². The molecule has 118 valence electrons. The molecule has 0 radical (unpaired) electrons. The van der Waals surface area contributed by atoms with E-state index in [1.807, 2.05) is 42.5 Å². The Balaban J connectivity index is 1.63. The molecule has 1 unspecified atom stereocenters. The van der Waals surface area contributed by atoms with E-state index in [0.29, 0.717) is 18.3 Å². The molecule has 0 aliphatic heterocycles. The summed E-state index contributed by atoms with van der Waals surface area (Å²) < 4.78 is 10.5. The van der Waals surface area contributed by atoms with Gasteiger partial charge >= 0.3 is 0 Å². The van der Waals surface area contributed by atoms with Crippen LogP contribution in [0.1, 0.15) is 24.4 Å². The maximum atomic E-state index is 5.32. The number of methoxy groups -OCH3 is 1. The lowest BCUT2D eigenvalue weighted by Gasteiger charge is -2.12. The van der Waals surface area contributed by atoms with Gasteiger partial charge in [0.05, 0.1) is 13.7 Å². The van der Waals surface area contributed by atoms with E-state index in [0.717, 1.165) is 11.3 Å². The number of hydrogen-bond donors (Lipinski definition) is 1. The van der Waals surface area contributed by atoms with Crippen LogP contribution in [0.15, 0.2) is 59.1 Å². The molecule has 0 saturated carbocycles. The van der Waals surface area contributed by atoms with Crippen molar-refractivity contribution in [3.05, 3.63) is 66.0 Å². The number of hydrogen-bond acceptors (Lipinski definition) is 5. The van der Waals surface area contributed by atoms with Crippen LogP contribution in [0.2, 0.25) is 0 Å². The summed E-state index contributed by atoms with van der Waals surface area (Å²) in [4.78, 5) is 4.42. The molecule has 0 spiro atoms. The predicted octanol–water partition coefficient (Wildman–Crippen LogP) is 3.60. The fraction of sp³-hybridized carbons (Fsp3) is 0.222. The summed E-state index contributed by atoms with van der Waals surface area (Å²) in [6.07, 6.45) is 0. The first-order valence-electron chi connectivity index (χ1n) is 7.51. The summed E-state index contributed by atoms with van der Waals surface area (Å²) in [5, 5.41) is 7.41. The van der Waals surface area contributed by atoms with Crippen LogP contribution < -0.4 is 10.1 Å². The third-order valence-corrected chi connectivity index (χ3v) is 3.67. The molecule has 0 amide bonds. The Bertz CT molecular complexity index is 738. The third kappa shape index (κ3) is 3.76. The van der Waals surface area contributed by atoms with Crippen molar-refractivity contribution in [1.82, 2.24) is 15.5 Å². The zero-order valence-corrected chi connectivity index (χ0v) is 13.2. The zero-order chi connectivity index (χ0) is 16.1. The highest BCUT2D eigenvalue weighted by Crippen LogP contribution is 2.20. The van der Waals surface area contributed by atoms with Crippen LogP contribution in [-0.2, 0) is 6.54 Å². The summed E-state index contributed by atoms with van der Waals surface area (Å²) in [5.74, 6) is 1.95. The number of aromatic nitrogens is 2. The second-order valence-corrected chi connectivity index (χ2v) is 5.26. The highest BCUT2D eigenvalue weighted by Gasteiger charge is 2.10. The number of benzene rings is 2. The Morgan fingerprint density at radius 2 is 1.83 bits per heavy atom. The smallest absolute Gasteiger partial charge is 0.257 e. The minimum absolute atomic E-state index is 0.221. The van der Waals surface area contributed by atoms with Crippen LogP contribution in [0.25, 0.3) is 11.5 Å². The first-order valence-corrected chi connectivity index (χ1v) is 7.51. The molecule has 0 bridgehead atoms. The summed E-state index contributed by atoms with van der Waals surface area (Å²) in [6.45, 7) is 2.66. The third-order valence-electron chi connectivity index (χ3n) is 3.67. The summed E-state index contributed by atoms with van der Waals surface area (Å²) in [5.41, 5.74) is 2.10. The Hall–Kier alpha value is -2.66. The van der Waals surface area contributed by atoms with Crippen molar-refractivity contribution in [2.45, 2.75) is 19.5 Å². The predicted molar refractivity (Wildman–Crippen MR) is 88.0 cm³/mol. The van der Waals surface area contributed by atoms with Gasteiger partial charge in [-0.1, -0.05) is 35.5 Å². The molecule has 3 rings (SSSR count). The normalized spacial score (nSPS) is 12.1. The van der Waals surface area contributed by atoms with Crippen LogP contribution >= 0.6 is 0 Å². The second kappa shape index (κ2) is 7.07. The van der Waals surface area contributed by atoms with Crippen LogP contribution in [0.3, 0.4) is 0 Å². The molecule has 2 aromatic carbocycles. The first-order chi connectivity index (χ1) is 11.3. The molecule has 5 heteroatoms. The minimum Gasteiger partial charge on any atom is -0.497 e. The van der Waals surface area contributed by atoms with Crippen molar-refractivity contribution >= 4 is 0 Å². The summed E-state index contributed by atoms with van der Waals surface area (Å²) >= 11 is 0. The first kappa shape index (κ1) is 15.2. The van der Waals surface area contributed by atoms with E-state index in [-0.39, 0.29) is 6.04 Å². The SMILES string of the molecule is COc1ccc(-c2nc(CNC(C)c3ccccc3)no2)cc1. The topological polar surface area (TPSA) is 60.2 Å². The van der Waals surface area contributed by atoms with Gasteiger partial charge in [-0.3, -0.25) is 0 Å². The number of rotatable bonds is 6. The maximum Gasteiger partial charge on any atom is 0.257 e. The molecule has 0 saturated heterocycles. The van der Waals surface area contributed by atoms with Gasteiger partial charge < -0.3 is 14.6 Å². The lowest BCUT2D eigenvalue weighted by molar-refractivity contribution is 0.413. The molecule has 0 aliphatic carbocycles. The van der Waals surface area contributed by atoms with E-state index >= 15 is 0 Å². The average molecular weight is 309 g/mol. The second-order valence-electron chi connectivity index (χ2n) is 5.26. The maximum absolute atomic E-state index is 5.32. The van der Waals surface area contributed by atoms with Gasteiger partial charge in [-0.15, -0.1) is 0 Å². The molecule has 5 nitrogen and oxygen atoms in total. The highest BCUT2D eigenvalue weighted by molar-refractivity contribution is 5.54. The quantitative estimate of drug-likeness (QED) is 0.754. The molecule has 1 heterocycles. The summed E-state index contributed by atoms with van der Waals surface area (Å²) in [6, 6.07) is 18.0. The molecule has 0 aliphatic rings. The van der Waals surface area contributed by atoms with E-state index in [9.17, 15) is 0 Å². The number of ether oxygens (including phenoxy) is 1. The molecule has 1 N–H and O–H groups in total. The van der Waals surface area contributed by atoms with Gasteiger partial charge in [-0.05, 0) is 36.8 Å². The fourth-order valence-electron chi connectivity index (χ4n) is 2.28. The van der Waals surface area contributed by atoms with Crippen molar-refractivity contribution in [3.63, 3.8) is 0 Å². The molecule has 23 heavy (non-hydrogen) atoms. The van der Waals surface area contributed by atoms with Gasteiger partial charge in [0.1, 0.15) is 5.75 Å². The van der Waals surface area contributed by atoms with Crippen molar-refractivity contribution < 1.29 is 9.26 Å². The van der Waals surface area contributed by atoms with Gasteiger partial charge in [0.25, 0.3) is 5.89 Å². The monoisotopic (exact) mass is 309 g/mol. The largest absolute Gasteiger partial charge is 0.497 e. The Labute approximate surface area is 135 Å². The van der Waals surface area contributed by atoms with Crippen molar-refractivity contribution in [2.75, 3.05) is 7.11 Å². The lowest BCUT2D eigenvalue weighted by atomic mass is 10.1. The van der Waals surface area contributed by atoms with Gasteiger partial charge in [-0.2, -0.15) is 4.98 Å². The molecule has 1 atom stereocenters. The zero-order valence-electron chi connectivity index (χ0n) is 13.2. The van der Waals surface area contributed by atoms with E-state index in [1.165, 1.54) is 5.56 Å². The average Bonchev–Trinajstić information content (AvgIpc) is 3.09. The Morgan fingerprint density at radius 3 is 2.52 bits per heavy atom. The fourth-order valence-corrected chi connectivity index (χ4v) is 2.28. The van der Waals surface area contributed by atoms with Gasteiger partial charge in [-0.25, -0.2) is 0 Å². The number of nitrogens with one attached hydrogen (secondary N) is 1. The van der Waals surface area contributed by atoms with E-state index in [1.54, 1.807) is 7.11 Å². The Morgan fingerprint density at radius 1 is 1.09 bits per heavy atom. The van der Waals surface area contributed by atoms with Crippen LogP contribution in [0, 0.1) is 0 Å². The van der Waals surface area contributed by atoms with Crippen LogP contribution in [0.5, 0.6) is 5.75 Å². The van der Waals surface area contributed by atoms with E-state index < -0.39 is 0 Å². The van der Waals surface area contributed by atoms with Crippen molar-refractivity contribution in [1.29, 1.82) is 0 Å². The van der Waals surface area contributed by atoms with Crippen LogP contribution in [-0.4, -0.2) is 17.3 Å². The molecule has 3 aromatic rings. The molecular weight excluding hydrogens is 290 g/mol. The van der Waals surface area contributed by atoms with Crippen molar-refractivity contribution in [2.24, 2.45) is 0 Å². The van der Waals surface area contributed by atoms with Gasteiger partial charge in [0.2, 0.25) is 0 Å². The lowest BCUT2D eigenvalue weighted by Crippen LogP contribution is -2.18. The molecular formula is C18H19N3O2. The highest BCUT2D eigenvalue weighted by atomic mass is 16.5. The molecule has 1 aromatic heterocycles. The summed E-state index contributed by atoms with van der Waals surface area (Å²) in [7, 11) is 1.64. The van der Waals surface area contributed by atoms with Gasteiger partial charge in [0.15, 0.2) is 5.82 Å². The molecule has 0 fully saturated rings. The minimum atomic E-state index is 0.221.